The molecule has 0 fully saturated rings. The molecule has 0 atom stereocenters. The lowest BCUT2D eigenvalue weighted by Gasteiger charge is -2.15. The normalized spacial score (nSPS) is 9.78. The summed E-state index contributed by atoms with van der Waals surface area (Å²) in [5, 5.41) is 2.39. The number of fused-ring (bicyclic) bond motifs is 1. The lowest BCUT2D eigenvalue weighted by Crippen LogP contribution is -2.08. The monoisotopic (exact) mass is 295 g/mol. The molecule has 0 heterocycles. The molecular weight excluding hydrogens is 278 g/mol. The van der Waals surface area contributed by atoms with Gasteiger partial charge >= 0.3 is 0 Å². The van der Waals surface area contributed by atoms with Gasteiger partial charge in [0, 0.05) is 41.9 Å². The van der Waals surface area contributed by atoms with Crippen molar-refractivity contribution >= 4 is 16.5 Å². The Morgan fingerprint density at radius 1 is 0.739 bits per heavy atom. The standard InChI is InChI=1S/C22H17N/c1-4-17-11-13-18(14-12-17)15-16-19-7-5-9-21-20(19)8-6-10-22(21)23(2)3/h1,5-14H,2-3H3. The summed E-state index contributed by atoms with van der Waals surface area (Å²) in [5.41, 5.74) is 4.07. The molecule has 0 aliphatic heterocycles. The van der Waals surface area contributed by atoms with E-state index in [4.69, 9.17) is 6.42 Å². The molecule has 0 aliphatic rings. The van der Waals surface area contributed by atoms with Crippen molar-refractivity contribution in [1.29, 1.82) is 0 Å². The zero-order chi connectivity index (χ0) is 16.2. The fourth-order valence-corrected chi connectivity index (χ4v) is 2.58. The fraction of sp³-hybridized carbons (Fsp3) is 0.0909. The molecule has 0 bridgehead atoms. The first-order valence-corrected chi connectivity index (χ1v) is 7.47. The van der Waals surface area contributed by atoms with Gasteiger partial charge < -0.3 is 4.90 Å². The molecule has 0 aromatic heterocycles. The number of nitrogens with zero attached hydrogens (tertiary/aromatic N) is 1. The van der Waals surface area contributed by atoms with Crippen LogP contribution < -0.4 is 4.90 Å². The van der Waals surface area contributed by atoms with Crippen LogP contribution in [0.4, 0.5) is 5.69 Å². The Balaban J connectivity index is 2.06. The summed E-state index contributed by atoms with van der Waals surface area (Å²) in [6.45, 7) is 0. The van der Waals surface area contributed by atoms with Gasteiger partial charge in [0.05, 0.1) is 0 Å². The number of hydrogen-bond acceptors (Lipinski definition) is 1. The van der Waals surface area contributed by atoms with Gasteiger partial charge in [0.25, 0.3) is 0 Å². The molecule has 0 saturated heterocycles. The van der Waals surface area contributed by atoms with Gasteiger partial charge in [-0.25, -0.2) is 0 Å². The molecule has 0 unspecified atom stereocenters. The summed E-state index contributed by atoms with van der Waals surface area (Å²) in [5.74, 6) is 9.12. The first kappa shape index (κ1) is 14.8. The van der Waals surface area contributed by atoms with Crippen molar-refractivity contribution in [1.82, 2.24) is 0 Å². The van der Waals surface area contributed by atoms with E-state index in [1.165, 1.54) is 16.5 Å². The first-order chi connectivity index (χ1) is 11.2. The van der Waals surface area contributed by atoms with E-state index in [1.54, 1.807) is 0 Å². The van der Waals surface area contributed by atoms with Crippen molar-refractivity contribution < 1.29 is 0 Å². The summed E-state index contributed by atoms with van der Waals surface area (Å²) >= 11 is 0. The first-order valence-electron chi connectivity index (χ1n) is 7.47. The van der Waals surface area contributed by atoms with E-state index >= 15 is 0 Å². The van der Waals surface area contributed by atoms with Gasteiger partial charge in [-0.2, -0.15) is 0 Å². The molecule has 0 N–H and O–H groups in total. The third kappa shape index (κ3) is 3.05. The molecule has 110 valence electrons. The van der Waals surface area contributed by atoms with E-state index in [0.717, 1.165) is 16.7 Å². The lowest BCUT2D eigenvalue weighted by atomic mass is 10.0. The van der Waals surface area contributed by atoms with Gasteiger partial charge in [-0.15, -0.1) is 6.42 Å². The van der Waals surface area contributed by atoms with Crippen LogP contribution in [0.3, 0.4) is 0 Å². The quantitative estimate of drug-likeness (QED) is 0.605. The molecule has 0 radical (unpaired) electrons. The molecule has 0 amide bonds. The maximum Gasteiger partial charge on any atom is 0.0441 e. The van der Waals surface area contributed by atoms with E-state index in [2.05, 4.69) is 73.2 Å². The SMILES string of the molecule is C#Cc1ccc(C#Cc2cccc3c(N(C)C)cccc23)cc1. The summed E-state index contributed by atoms with van der Waals surface area (Å²) in [4.78, 5) is 2.12. The van der Waals surface area contributed by atoms with Crippen LogP contribution in [0.2, 0.25) is 0 Å². The number of hydrogen-bond donors (Lipinski definition) is 0. The van der Waals surface area contributed by atoms with Crippen LogP contribution in [0, 0.1) is 24.2 Å². The van der Waals surface area contributed by atoms with Crippen LogP contribution in [0.5, 0.6) is 0 Å². The highest BCUT2D eigenvalue weighted by atomic mass is 15.1. The number of anilines is 1. The van der Waals surface area contributed by atoms with Gasteiger partial charge in [0.15, 0.2) is 0 Å². The second-order valence-electron chi connectivity index (χ2n) is 5.54. The van der Waals surface area contributed by atoms with Crippen molar-refractivity contribution in [3.63, 3.8) is 0 Å². The molecule has 3 rings (SSSR count). The molecule has 0 saturated carbocycles. The van der Waals surface area contributed by atoms with E-state index in [1.807, 2.05) is 24.3 Å². The number of benzene rings is 3. The average molecular weight is 295 g/mol. The second kappa shape index (κ2) is 6.30. The summed E-state index contributed by atoms with van der Waals surface area (Å²) in [6, 6.07) is 20.3. The van der Waals surface area contributed by atoms with Gasteiger partial charge in [-0.05, 0) is 41.8 Å². The highest BCUT2D eigenvalue weighted by Crippen LogP contribution is 2.27. The Morgan fingerprint density at radius 2 is 1.39 bits per heavy atom. The minimum absolute atomic E-state index is 0.872. The Kier molecular flexibility index (Phi) is 4.05. The van der Waals surface area contributed by atoms with E-state index in [-0.39, 0.29) is 0 Å². The maximum absolute atomic E-state index is 5.38. The van der Waals surface area contributed by atoms with Gasteiger partial charge in [0.1, 0.15) is 0 Å². The third-order valence-electron chi connectivity index (χ3n) is 3.77. The van der Waals surface area contributed by atoms with E-state index in [9.17, 15) is 0 Å². The molecule has 3 aromatic carbocycles. The van der Waals surface area contributed by atoms with Gasteiger partial charge in [0.2, 0.25) is 0 Å². The van der Waals surface area contributed by atoms with Crippen molar-refractivity contribution in [3.8, 4) is 24.2 Å². The lowest BCUT2D eigenvalue weighted by molar-refractivity contribution is 1.14. The highest BCUT2D eigenvalue weighted by molar-refractivity contribution is 5.97. The topological polar surface area (TPSA) is 3.24 Å². The van der Waals surface area contributed by atoms with Crippen molar-refractivity contribution in [2.45, 2.75) is 0 Å². The number of rotatable bonds is 1. The summed E-state index contributed by atoms with van der Waals surface area (Å²) in [7, 11) is 4.11. The smallest absolute Gasteiger partial charge is 0.0441 e. The van der Waals surface area contributed by atoms with Crippen molar-refractivity contribution in [2.75, 3.05) is 19.0 Å². The van der Waals surface area contributed by atoms with Crippen LogP contribution in [0.25, 0.3) is 10.8 Å². The zero-order valence-electron chi connectivity index (χ0n) is 13.3. The van der Waals surface area contributed by atoms with Crippen LogP contribution in [-0.4, -0.2) is 14.1 Å². The number of terminal acetylenes is 1. The Bertz CT molecular complexity index is 945. The largest absolute Gasteiger partial charge is 0.377 e. The van der Waals surface area contributed by atoms with Crippen molar-refractivity contribution in [2.24, 2.45) is 0 Å². The third-order valence-corrected chi connectivity index (χ3v) is 3.77. The second-order valence-corrected chi connectivity index (χ2v) is 5.54. The minimum Gasteiger partial charge on any atom is -0.377 e. The minimum atomic E-state index is 0.872. The predicted molar refractivity (Wildman–Crippen MR) is 98.6 cm³/mol. The average Bonchev–Trinajstić information content (AvgIpc) is 2.59. The molecule has 3 aromatic rings. The van der Waals surface area contributed by atoms with E-state index in [0.29, 0.717) is 0 Å². The molecule has 23 heavy (non-hydrogen) atoms. The van der Waals surface area contributed by atoms with Gasteiger partial charge in [-0.3, -0.25) is 0 Å². The van der Waals surface area contributed by atoms with Crippen LogP contribution in [0.15, 0.2) is 60.7 Å². The summed E-state index contributed by atoms with van der Waals surface area (Å²) in [6.07, 6.45) is 5.38. The van der Waals surface area contributed by atoms with Crippen LogP contribution in [-0.2, 0) is 0 Å². The molecular formula is C22H17N. The Morgan fingerprint density at radius 3 is 2.09 bits per heavy atom. The zero-order valence-corrected chi connectivity index (χ0v) is 13.3. The van der Waals surface area contributed by atoms with Crippen molar-refractivity contribution in [3.05, 3.63) is 77.4 Å². The molecule has 1 nitrogen and oxygen atoms in total. The fourth-order valence-electron chi connectivity index (χ4n) is 2.58. The summed E-state index contributed by atoms with van der Waals surface area (Å²) < 4.78 is 0. The Labute approximate surface area is 137 Å². The van der Waals surface area contributed by atoms with Crippen LogP contribution in [0.1, 0.15) is 16.7 Å². The Hall–Kier alpha value is -3.16. The highest BCUT2D eigenvalue weighted by Gasteiger charge is 2.04. The molecule has 0 aliphatic carbocycles. The molecule has 1 heteroatoms. The maximum atomic E-state index is 5.38. The van der Waals surface area contributed by atoms with Crippen LogP contribution >= 0.6 is 0 Å². The molecule has 0 spiro atoms. The van der Waals surface area contributed by atoms with E-state index < -0.39 is 0 Å². The predicted octanol–water partition coefficient (Wildman–Crippen LogP) is 4.29. The van der Waals surface area contributed by atoms with Gasteiger partial charge in [-0.1, -0.05) is 42.0 Å².